The van der Waals surface area contributed by atoms with Crippen LogP contribution in [0.5, 0.6) is 0 Å². The first-order valence-corrected chi connectivity index (χ1v) is 12.9. The highest BCUT2D eigenvalue weighted by molar-refractivity contribution is 7.22. The first kappa shape index (κ1) is 26.4. The molecular formula is C27H23N9O3S. The third-order valence-electron chi connectivity index (χ3n) is 6.07. The predicted octanol–water partition coefficient (Wildman–Crippen LogP) is 6.04. The van der Waals surface area contributed by atoms with Crippen molar-refractivity contribution in [2.24, 2.45) is 12.2 Å². The number of hydrogen-bond donors (Lipinski definition) is 2. The molecule has 2 aromatic carbocycles. The number of carbonyl (C=O) groups is 1. The zero-order chi connectivity index (χ0) is 28.6. The number of aromatic nitrogens is 4. The number of thiophene rings is 1. The molecule has 13 heteroatoms. The minimum Gasteiger partial charge on any atom is -0.444 e. The van der Waals surface area contributed by atoms with E-state index < -0.39 is 17.3 Å². The number of nitriles is 1. The highest BCUT2D eigenvalue weighted by Crippen LogP contribution is 2.43. The third-order valence-corrected chi connectivity index (χ3v) is 7.25. The molecule has 0 saturated carbocycles. The van der Waals surface area contributed by atoms with Crippen LogP contribution in [0.25, 0.3) is 53.0 Å². The maximum Gasteiger partial charge on any atom is 0.407 e. The maximum atomic E-state index is 12.8. The van der Waals surface area contributed by atoms with Crippen LogP contribution >= 0.6 is 11.3 Å². The van der Waals surface area contributed by atoms with Gasteiger partial charge in [-0.05, 0) is 50.1 Å². The molecule has 0 radical (unpaired) electrons. The summed E-state index contributed by atoms with van der Waals surface area (Å²) in [4.78, 5) is 28.8. The third kappa shape index (κ3) is 4.84. The fraction of sp³-hybridized carbons (Fsp3) is 0.222. The van der Waals surface area contributed by atoms with Gasteiger partial charge in [0.25, 0.3) is 5.56 Å². The van der Waals surface area contributed by atoms with Gasteiger partial charge in [0.05, 0.1) is 45.6 Å². The van der Waals surface area contributed by atoms with Crippen LogP contribution in [-0.4, -0.2) is 31.7 Å². The Morgan fingerprint density at radius 2 is 2.08 bits per heavy atom. The van der Waals surface area contributed by atoms with Crippen molar-refractivity contribution in [3.8, 4) is 27.8 Å². The minimum atomic E-state index is -0.696. The Kier molecular flexibility index (Phi) is 6.73. The maximum absolute atomic E-state index is 12.8. The van der Waals surface area contributed by atoms with Crippen molar-refractivity contribution < 1.29 is 9.53 Å². The van der Waals surface area contributed by atoms with E-state index >= 15 is 0 Å². The van der Waals surface area contributed by atoms with Gasteiger partial charge in [0.1, 0.15) is 11.7 Å². The van der Waals surface area contributed by atoms with Crippen LogP contribution in [0.3, 0.4) is 0 Å². The number of azide groups is 1. The quantitative estimate of drug-likeness (QED) is 0.152. The number of nitrogens with one attached hydrogen (secondary N) is 2. The molecular weight excluding hydrogens is 530 g/mol. The van der Waals surface area contributed by atoms with Crippen LogP contribution in [0.15, 0.2) is 52.5 Å². The van der Waals surface area contributed by atoms with Gasteiger partial charge in [-0.1, -0.05) is 23.3 Å². The van der Waals surface area contributed by atoms with Crippen molar-refractivity contribution >= 4 is 44.0 Å². The Morgan fingerprint density at radius 3 is 2.80 bits per heavy atom. The largest absolute Gasteiger partial charge is 0.444 e. The van der Waals surface area contributed by atoms with E-state index in [0.29, 0.717) is 33.5 Å². The number of benzene rings is 2. The monoisotopic (exact) mass is 553 g/mol. The average molecular weight is 554 g/mol. The van der Waals surface area contributed by atoms with Gasteiger partial charge in [0.2, 0.25) is 0 Å². The molecule has 0 saturated heterocycles. The summed E-state index contributed by atoms with van der Waals surface area (Å²) in [6, 6.07) is 13.3. The standard InChI is InChI=1S/C27H23N9O3S/c1-27(2,3)39-26(38)30-13-20-16-9-14(10-19(33-35-29)22(16)25(37)34-32-20)18-12-31-36(4)23(18)24-17(11-28)15-7-5-6-8-21(15)40-24/h5-10,12H,13H2,1-4H3,(H,30,38)(H,34,37). The SMILES string of the molecule is Cn1ncc(-c2cc(N=[N+]=[N-])c3c(=O)[nH]nc(CNC(=O)OC(C)(C)C)c3c2)c1-c1sc2ccccc2c1C#N. The number of ether oxygens (including phenoxy) is 1. The lowest BCUT2D eigenvalue weighted by molar-refractivity contribution is 0.0523. The van der Waals surface area contributed by atoms with Crippen molar-refractivity contribution in [1.82, 2.24) is 25.3 Å². The van der Waals surface area contributed by atoms with Crippen LogP contribution in [0.4, 0.5) is 10.5 Å². The number of amides is 1. The summed E-state index contributed by atoms with van der Waals surface area (Å²) in [5.74, 6) is 0. The van der Waals surface area contributed by atoms with Gasteiger partial charge in [-0.15, -0.1) is 11.3 Å². The molecule has 0 unspecified atom stereocenters. The summed E-state index contributed by atoms with van der Waals surface area (Å²) in [6.07, 6.45) is 1.00. The van der Waals surface area contributed by atoms with E-state index in [1.54, 1.807) is 50.8 Å². The zero-order valence-corrected chi connectivity index (χ0v) is 22.8. The Bertz CT molecular complexity index is 1950. The van der Waals surface area contributed by atoms with E-state index in [4.69, 9.17) is 4.74 Å². The van der Waals surface area contributed by atoms with Crippen molar-refractivity contribution in [2.45, 2.75) is 32.9 Å². The van der Waals surface area contributed by atoms with Gasteiger partial charge < -0.3 is 10.1 Å². The van der Waals surface area contributed by atoms with Crippen LogP contribution in [-0.2, 0) is 18.3 Å². The number of alkyl carbamates (subject to hydrolysis) is 1. The molecule has 0 fully saturated rings. The lowest BCUT2D eigenvalue weighted by Gasteiger charge is -2.19. The fourth-order valence-electron chi connectivity index (χ4n) is 4.46. The summed E-state index contributed by atoms with van der Waals surface area (Å²) in [5.41, 5.74) is 10.9. The Balaban J connectivity index is 1.70. The smallest absolute Gasteiger partial charge is 0.407 e. The second-order valence-corrected chi connectivity index (χ2v) is 11.0. The van der Waals surface area contributed by atoms with E-state index in [2.05, 4.69) is 36.7 Å². The molecule has 3 aromatic heterocycles. The van der Waals surface area contributed by atoms with Gasteiger partial charge >= 0.3 is 6.09 Å². The molecule has 200 valence electrons. The number of aryl methyl sites for hydroxylation is 1. The molecule has 5 aromatic rings. The van der Waals surface area contributed by atoms with Crippen molar-refractivity contribution in [3.63, 3.8) is 0 Å². The fourth-order valence-corrected chi connectivity index (χ4v) is 5.70. The zero-order valence-electron chi connectivity index (χ0n) is 22.0. The van der Waals surface area contributed by atoms with E-state index in [-0.39, 0.29) is 17.6 Å². The molecule has 0 aliphatic carbocycles. The molecule has 2 N–H and O–H groups in total. The van der Waals surface area contributed by atoms with Crippen molar-refractivity contribution in [2.75, 3.05) is 0 Å². The number of rotatable bonds is 5. The van der Waals surface area contributed by atoms with E-state index in [1.807, 2.05) is 24.3 Å². The highest BCUT2D eigenvalue weighted by Gasteiger charge is 2.23. The number of hydrogen-bond acceptors (Lipinski definition) is 8. The van der Waals surface area contributed by atoms with Crippen molar-refractivity contribution in [3.05, 3.63) is 74.6 Å². The van der Waals surface area contributed by atoms with Crippen LogP contribution in [0.2, 0.25) is 0 Å². The summed E-state index contributed by atoms with van der Waals surface area (Å²) in [5, 5.41) is 28.8. The molecule has 0 aliphatic heterocycles. The van der Waals surface area contributed by atoms with Crippen LogP contribution in [0.1, 0.15) is 32.0 Å². The minimum absolute atomic E-state index is 0.0594. The first-order valence-electron chi connectivity index (χ1n) is 12.1. The molecule has 1 amide bonds. The van der Waals surface area contributed by atoms with E-state index in [1.165, 1.54) is 11.3 Å². The molecule has 40 heavy (non-hydrogen) atoms. The Morgan fingerprint density at radius 1 is 1.30 bits per heavy atom. The summed E-state index contributed by atoms with van der Waals surface area (Å²) in [6.45, 7) is 5.19. The van der Waals surface area contributed by atoms with Gasteiger partial charge in [0, 0.05) is 33.0 Å². The molecule has 3 heterocycles. The van der Waals surface area contributed by atoms with Crippen LogP contribution < -0.4 is 10.9 Å². The second kappa shape index (κ2) is 10.2. The van der Waals surface area contributed by atoms with E-state index in [0.717, 1.165) is 15.0 Å². The summed E-state index contributed by atoms with van der Waals surface area (Å²) >= 11 is 1.47. The summed E-state index contributed by atoms with van der Waals surface area (Å²) in [7, 11) is 1.78. The number of fused-ring (bicyclic) bond motifs is 2. The molecule has 0 atom stereocenters. The van der Waals surface area contributed by atoms with E-state index in [9.17, 15) is 20.4 Å². The highest BCUT2D eigenvalue weighted by atomic mass is 32.1. The van der Waals surface area contributed by atoms with Gasteiger partial charge in [-0.3, -0.25) is 9.48 Å². The lowest BCUT2D eigenvalue weighted by Crippen LogP contribution is -2.32. The van der Waals surface area contributed by atoms with Gasteiger partial charge in [-0.25, -0.2) is 9.89 Å². The van der Waals surface area contributed by atoms with Gasteiger partial charge in [0.15, 0.2) is 0 Å². The predicted molar refractivity (Wildman–Crippen MR) is 152 cm³/mol. The molecule has 0 bridgehead atoms. The number of nitrogens with zero attached hydrogens (tertiary/aromatic N) is 7. The molecule has 0 aliphatic rings. The van der Waals surface area contributed by atoms with Gasteiger partial charge in [-0.2, -0.15) is 15.5 Å². The number of aromatic amines is 1. The Hall–Kier alpha value is -5.18. The lowest BCUT2D eigenvalue weighted by atomic mass is 9.98. The average Bonchev–Trinajstić information content (AvgIpc) is 3.46. The molecule has 0 spiro atoms. The Labute approximate surface area is 231 Å². The summed E-state index contributed by atoms with van der Waals surface area (Å²) < 4.78 is 7.95. The van der Waals surface area contributed by atoms with Crippen LogP contribution in [0, 0.1) is 11.3 Å². The molecule has 12 nitrogen and oxygen atoms in total. The first-order chi connectivity index (χ1) is 19.1. The second-order valence-electron chi connectivity index (χ2n) is 9.91. The van der Waals surface area contributed by atoms with Crippen molar-refractivity contribution in [1.29, 1.82) is 5.26 Å². The molecule has 5 rings (SSSR count). The number of carbonyl (C=O) groups excluding carboxylic acids is 1. The topological polar surface area (TPSA) is 174 Å². The number of H-pyrrole nitrogens is 1. The normalized spacial score (nSPS) is 11.3.